The lowest BCUT2D eigenvalue weighted by molar-refractivity contribution is -0.268. The van der Waals surface area contributed by atoms with E-state index >= 15 is 0 Å². The fourth-order valence-electron chi connectivity index (χ4n) is 4.25. The number of carbonyl (C=O) groups excluding carboxylic acids is 1. The lowest BCUT2D eigenvalue weighted by Crippen LogP contribution is -2.38. The van der Waals surface area contributed by atoms with Crippen molar-refractivity contribution in [3.05, 3.63) is 107 Å². The molecule has 0 aliphatic carbocycles. The van der Waals surface area contributed by atoms with Gasteiger partial charge in [-0.3, -0.25) is 9.89 Å². The largest absolute Gasteiger partial charge is 0.392 e. The zero-order valence-electron chi connectivity index (χ0n) is 20.3. The first-order chi connectivity index (χ1) is 18.1. The van der Waals surface area contributed by atoms with Crippen molar-refractivity contribution in [1.29, 1.82) is 0 Å². The molecule has 1 amide bonds. The second-order valence-corrected chi connectivity index (χ2v) is 9.87. The first-order valence-corrected chi connectivity index (χ1v) is 13.0. The maximum absolute atomic E-state index is 12.5. The number of nitrogens with zero attached hydrogens (tertiary/aromatic N) is 2. The minimum absolute atomic E-state index is 0.00327. The summed E-state index contributed by atoms with van der Waals surface area (Å²) in [4.78, 5) is 16.7. The van der Waals surface area contributed by atoms with Gasteiger partial charge in [-0.2, -0.15) is 5.10 Å². The van der Waals surface area contributed by atoms with Crippen molar-refractivity contribution < 1.29 is 19.4 Å². The second-order valence-electron chi connectivity index (χ2n) is 8.87. The summed E-state index contributed by atoms with van der Waals surface area (Å²) in [6.07, 6.45) is 0.583. The average molecular weight is 517 g/mol. The van der Waals surface area contributed by atoms with E-state index in [0.29, 0.717) is 17.0 Å². The minimum atomic E-state index is -0.585. The molecule has 5 rings (SSSR count). The summed E-state index contributed by atoms with van der Waals surface area (Å²) in [5.74, 6) is 0.575. The van der Waals surface area contributed by atoms with Crippen LogP contribution in [0.15, 0.2) is 90.3 Å². The number of hydrogen-bond donors (Lipinski definition) is 3. The molecule has 0 unspecified atom stereocenters. The number of amides is 1. The van der Waals surface area contributed by atoms with E-state index in [-0.39, 0.29) is 30.6 Å². The van der Waals surface area contributed by atoms with Crippen LogP contribution in [-0.2, 0) is 16.1 Å². The maximum Gasteiger partial charge on any atom is 0.255 e. The summed E-state index contributed by atoms with van der Waals surface area (Å²) in [6.45, 7) is 2.12. The van der Waals surface area contributed by atoms with Gasteiger partial charge in [0.05, 0.1) is 18.8 Å². The van der Waals surface area contributed by atoms with Crippen molar-refractivity contribution >= 4 is 23.4 Å². The highest BCUT2D eigenvalue weighted by atomic mass is 32.2. The van der Waals surface area contributed by atoms with Gasteiger partial charge < -0.3 is 19.9 Å². The summed E-state index contributed by atoms with van der Waals surface area (Å²) in [5, 5.41) is 19.9. The third-order valence-electron chi connectivity index (χ3n) is 6.38. The lowest BCUT2D eigenvalue weighted by atomic mass is 9.91. The van der Waals surface area contributed by atoms with Crippen molar-refractivity contribution in [2.24, 2.45) is 5.92 Å². The highest BCUT2D eigenvalue weighted by Gasteiger charge is 2.38. The zero-order chi connectivity index (χ0) is 25.6. The number of thioether (sulfide) groups is 1. The Morgan fingerprint density at radius 1 is 1.00 bits per heavy atom. The average Bonchev–Trinajstić information content (AvgIpc) is 3.47. The van der Waals surface area contributed by atoms with Gasteiger partial charge in [-0.05, 0) is 35.4 Å². The Morgan fingerprint density at radius 2 is 1.73 bits per heavy atom. The van der Waals surface area contributed by atoms with Crippen LogP contribution in [0.2, 0.25) is 0 Å². The van der Waals surface area contributed by atoms with E-state index in [0.717, 1.165) is 21.8 Å². The highest BCUT2D eigenvalue weighted by molar-refractivity contribution is 7.99. The van der Waals surface area contributed by atoms with Crippen molar-refractivity contribution in [3.63, 3.8) is 0 Å². The molecule has 9 heteroatoms. The third kappa shape index (κ3) is 6.08. The number of carbonyl (C=O) groups is 1. The van der Waals surface area contributed by atoms with Gasteiger partial charge in [-0.25, -0.2) is 4.98 Å². The molecule has 0 spiro atoms. The Bertz CT molecular complexity index is 1280. The smallest absolute Gasteiger partial charge is 0.255 e. The topological polar surface area (TPSA) is 109 Å². The first kappa shape index (κ1) is 25.2. The van der Waals surface area contributed by atoms with Gasteiger partial charge in [0.2, 0.25) is 0 Å². The maximum atomic E-state index is 12.5. The highest BCUT2D eigenvalue weighted by Crippen LogP contribution is 2.42. The van der Waals surface area contributed by atoms with E-state index in [4.69, 9.17) is 9.47 Å². The van der Waals surface area contributed by atoms with Crippen molar-refractivity contribution in [2.75, 3.05) is 11.1 Å². The summed E-state index contributed by atoms with van der Waals surface area (Å²) in [7, 11) is 0. The van der Waals surface area contributed by atoms with Crippen LogP contribution in [-0.4, -0.2) is 38.1 Å². The van der Waals surface area contributed by atoms with Gasteiger partial charge in [-0.1, -0.05) is 73.3 Å². The Kier molecular flexibility index (Phi) is 7.96. The van der Waals surface area contributed by atoms with Crippen LogP contribution < -0.4 is 5.32 Å². The monoisotopic (exact) mass is 516 g/mol. The standard InChI is InChI=1S/C28H28N4O4S/c1-18-24(16-37-28-29-17-30-32-28)35-27(36-25(18)20-9-7-19(15-33)8-10-20)22-11-13-23(14-12-22)31-26(34)21-5-3-2-4-6-21/h2-14,17-18,24-25,27,33H,15-16H2,1H3,(H,31,34)(H,29,30,32)/t18-,24+,25+,27+/m1/s1. The lowest BCUT2D eigenvalue weighted by Gasteiger charge is -2.41. The van der Waals surface area contributed by atoms with Crippen LogP contribution in [0.25, 0.3) is 0 Å². The molecule has 0 bridgehead atoms. The molecular weight excluding hydrogens is 488 g/mol. The van der Waals surface area contributed by atoms with E-state index in [9.17, 15) is 9.90 Å². The SMILES string of the molecule is C[C@@H]1[C@H](CSc2ncn[nH]2)O[C@H](c2ccc(NC(=O)c3ccccc3)cc2)O[C@@H]1c1ccc(CO)cc1. The van der Waals surface area contributed by atoms with Crippen molar-refractivity contribution in [2.45, 2.75) is 37.2 Å². The van der Waals surface area contributed by atoms with E-state index in [1.165, 1.54) is 6.33 Å². The Morgan fingerprint density at radius 3 is 2.41 bits per heavy atom. The van der Waals surface area contributed by atoms with Crippen LogP contribution in [0.4, 0.5) is 5.69 Å². The third-order valence-corrected chi connectivity index (χ3v) is 7.34. The van der Waals surface area contributed by atoms with Crippen molar-refractivity contribution in [1.82, 2.24) is 15.2 Å². The zero-order valence-corrected chi connectivity index (χ0v) is 21.1. The molecule has 4 aromatic rings. The number of aromatic nitrogens is 3. The minimum Gasteiger partial charge on any atom is -0.392 e. The predicted molar refractivity (Wildman–Crippen MR) is 141 cm³/mol. The van der Waals surface area contributed by atoms with Crippen LogP contribution >= 0.6 is 11.8 Å². The number of H-pyrrole nitrogens is 1. The Hall–Kier alpha value is -3.50. The number of rotatable bonds is 8. The van der Waals surface area contributed by atoms with Gasteiger partial charge in [0.25, 0.3) is 5.91 Å². The first-order valence-electron chi connectivity index (χ1n) is 12.1. The van der Waals surface area contributed by atoms with Gasteiger partial charge in [0, 0.05) is 28.5 Å². The fourth-order valence-corrected chi connectivity index (χ4v) is 5.19. The van der Waals surface area contributed by atoms with E-state index in [1.807, 2.05) is 66.7 Å². The molecule has 3 N–H and O–H groups in total. The van der Waals surface area contributed by atoms with Crippen LogP contribution in [0.5, 0.6) is 0 Å². The molecule has 190 valence electrons. The van der Waals surface area contributed by atoms with Crippen LogP contribution in [0, 0.1) is 5.92 Å². The van der Waals surface area contributed by atoms with E-state index in [2.05, 4.69) is 27.4 Å². The number of ether oxygens (including phenoxy) is 2. The number of benzene rings is 3. The van der Waals surface area contributed by atoms with Gasteiger partial charge in [0.1, 0.15) is 6.33 Å². The number of anilines is 1. The Balaban J connectivity index is 1.34. The number of nitrogens with one attached hydrogen (secondary N) is 2. The van der Waals surface area contributed by atoms with Gasteiger partial charge in [-0.15, -0.1) is 0 Å². The number of hydrogen-bond acceptors (Lipinski definition) is 7. The van der Waals surface area contributed by atoms with Crippen LogP contribution in [0.1, 0.15) is 46.4 Å². The molecule has 1 aromatic heterocycles. The predicted octanol–water partition coefficient (Wildman–Crippen LogP) is 5.13. The molecule has 0 radical (unpaired) electrons. The molecule has 1 fully saturated rings. The summed E-state index contributed by atoms with van der Waals surface area (Å²) in [5.41, 5.74) is 4.03. The molecule has 1 aliphatic rings. The number of aromatic amines is 1. The quantitative estimate of drug-likeness (QED) is 0.279. The summed E-state index contributed by atoms with van der Waals surface area (Å²) >= 11 is 1.55. The molecular formula is C28H28N4O4S. The van der Waals surface area contributed by atoms with E-state index < -0.39 is 6.29 Å². The molecule has 3 aromatic carbocycles. The second kappa shape index (κ2) is 11.7. The summed E-state index contributed by atoms with van der Waals surface area (Å²) in [6, 6.07) is 24.5. The molecule has 1 saturated heterocycles. The molecule has 0 saturated carbocycles. The molecule has 4 atom stereocenters. The van der Waals surface area contributed by atoms with Gasteiger partial charge >= 0.3 is 0 Å². The molecule has 8 nitrogen and oxygen atoms in total. The summed E-state index contributed by atoms with van der Waals surface area (Å²) < 4.78 is 12.9. The van der Waals surface area contributed by atoms with Gasteiger partial charge in [0.15, 0.2) is 11.4 Å². The normalized spacial score (nSPS) is 21.5. The Labute approximate surface area is 219 Å². The molecule has 2 heterocycles. The van der Waals surface area contributed by atoms with E-state index in [1.54, 1.807) is 23.9 Å². The molecule has 1 aliphatic heterocycles. The fraction of sp³-hybridized carbons (Fsp3) is 0.250. The number of aliphatic hydroxyl groups excluding tert-OH is 1. The molecule has 37 heavy (non-hydrogen) atoms. The van der Waals surface area contributed by atoms with Crippen LogP contribution in [0.3, 0.4) is 0 Å². The van der Waals surface area contributed by atoms with Crippen molar-refractivity contribution in [3.8, 4) is 0 Å². The number of aliphatic hydroxyl groups is 1.